The largest absolute Gasteiger partial charge is 0.389 e. The maximum atomic E-state index is 5.34. The molecule has 1 aliphatic rings. The van der Waals surface area contributed by atoms with Crippen LogP contribution >= 0.6 is 29.2 Å². The Hall–Kier alpha value is -0.160. The molecule has 0 fully saturated rings. The minimum atomic E-state index is -0.223. The van der Waals surface area contributed by atoms with Crippen molar-refractivity contribution in [3.8, 4) is 0 Å². The van der Waals surface area contributed by atoms with E-state index in [9.17, 15) is 0 Å². The Labute approximate surface area is 81.7 Å². The van der Waals surface area contributed by atoms with Crippen molar-refractivity contribution in [3.63, 3.8) is 0 Å². The molecule has 0 aliphatic carbocycles. The fourth-order valence-corrected chi connectivity index (χ4v) is 0.888. The predicted molar refractivity (Wildman–Crippen MR) is 54.3 cm³/mol. The Morgan fingerprint density at radius 3 is 2.45 bits per heavy atom. The van der Waals surface area contributed by atoms with Gasteiger partial charge in [-0.2, -0.15) is 0 Å². The smallest absolute Gasteiger partial charge is 0.138 e. The van der Waals surface area contributed by atoms with Gasteiger partial charge in [0.25, 0.3) is 0 Å². The first-order valence-corrected chi connectivity index (χ1v) is 3.47. The van der Waals surface area contributed by atoms with Gasteiger partial charge in [-0.3, -0.25) is 0 Å². The van der Waals surface area contributed by atoms with Crippen LogP contribution in [0.15, 0.2) is 5.16 Å². The van der Waals surface area contributed by atoms with Gasteiger partial charge in [0.2, 0.25) is 0 Å². The van der Waals surface area contributed by atoms with Gasteiger partial charge in [0.15, 0.2) is 0 Å². The fraction of sp³-hybridized carbons (Fsp3) is 0.667. The highest BCUT2D eigenvalue weighted by molar-refractivity contribution is 8.93. The Kier molecular flexibility index (Phi) is 3.44. The Morgan fingerprint density at radius 2 is 2.27 bits per heavy atom. The molecule has 1 aliphatic heterocycles. The minimum absolute atomic E-state index is 0. The van der Waals surface area contributed by atoms with Crippen LogP contribution in [-0.4, -0.2) is 16.3 Å². The van der Waals surface area contributed by atoms with Crippen LogP contribution in [0.5, 0.6) is 0 Å². The van der Waals surface area contributed by atoms with Crippen molar-refractivity contribution in [1.82, 2.24) is 0 Å². The lowest BCUT2D eigenvalue weighted by Gasteiger charge is -2.12. The number of halogens is 1. The summed E-state index contributed by atoms with van der Waals surface area (Å²) >= 11 is 4.72. The molecule has 1 heterocycles. The highest BCUT2D eigenvalue weighted by Crippen LogP contribution is 2.21. The summed E-state index contributed by atoms with van der Waals surface area (Å²) in [5, 5.41) is 3.74. The second kappa shape index (κ2) is 3.49. The standard InChI is InChI=1S/C6H10N2OS.BrH/c1-6(2)3-4(5(7)10)8-9-6;/h3H2,1-2H3,(H2,7,10);1H. The monoisotopic (exact) mass is 238 g/mol. The molecule has 0 aromatic carbocycles. The lowest BCUT2D eigenvalue weighted by atomic mass is 10.0. The SMILES string of the molecule is Br.CC1(C)CC(C(N)=S)=NO1. The minimum Gasteiger partial charge on any atom is -0.389 e. The first-order chi connectivity index (χ1) is 4.51. The zero-order valence-electron chi connectivity index (χ0n) is 6.46. The van der Waals surface area contributed by atoms with E-state index < -0.39 is 0 Å². The average molecular weight is 239 g/mol. The third kappa shape index (κ3) is 2.75. The number of hydrogen-bond donors (Lipinski definition) is 1. The molecule has 0 saturated carbocycles. The molecule has 64 valence electrons. The number of thiocarbonyl (C=S) groups is 1. The molecule has 0 unspecified atom stereocenters. The molecule has 5 heteroatoms. The van der Waals surface area contributed by atoms with Crippen LogP contribution in [0.4, 0.5) is 0 Å². The first-order valence-electron chi connectivity index (χ1n) is 3.06. The van der Waals surface area contributed by atoms with Gasteiger partial charge in [-0.15, -0.1) is 17.0 Å². The van der Waals surface area contributed by atoms with E-state index in [1.165, 1.54) is 0 Å². The first kappa shape index (κ1) is 10.8. The number of oxime groups is 1. The molecule has 0 saturated heterocycles. The molecule has 0 aromatic rings. The lowest BCUT2D eigenvalue weighted by Crippen LogP contribution is -2.25. The van der Waals surface area contributed by atoms with Crippen molar-refractivity contribution in [3.05, 3.63) is 0 Å². The van der Waals surface area contributed by atoms with Crippen molar-refractivity contribution < 1.29 is 4.84 Å². The number of hydrogen-bond acceptors (Lipinski definition) is 3. The maximum absolute atomic E-state index is 5.34. The number of nitrogens with zero attached hydrogens (tertiary/aromatic N) is 1. The van der Waals surface area contributed by atoms with E-state index >= 15 is 0 Å². The molecule has 0 spiro atoms. The second-order valence-electron chi connectivity index (χ2n) is 2.93. The van der Waals surface area contributed by atoms with Crippen LogP contribution in [0.3, 0.4) is 0 Å². The Balaban J connectivity index is 0.000001000. The predicted octanol–water partition coefficient (Wildman–Crippen LogP) is 1.41. The molecule has 2 N–H and O–H groups in total. The van der Waals surface area contributed by atoms with Crippen molar-refractivity contribution in [1.29, 1.82) is 0 Å². The summed E-state index contributed by atoms with van der Waals surface area (Å²) in [6.45, 7) is 3.89. The van der Waals surface area contributed by atoms with Gasteiger partial charge in [-0.05, 0) is 13.8 Å². The van der Waals surface area contributed by atoms with Gasteiger partial charge in [0.05, 0.1) is 0 Å². The van der Waals surface area contributed by atoms with E-state index in [0.29, 0.717) is 17.1 Å². The van der Waals surface area contributed by atoms with Gasteiger partial charge in [-0.1, -0.05) is 17.4 Å². The van der Waals surface area contributed by atoms with Gasteiger partial charge < -0.3 is 10.6 Å². The average Bonchev–Trinajstić information content (AvgIpc) is 2.10. The van der Waals surface area contributed by atoms with Crippen LogP contribution in [0.25, 0.3) is 0 Å². The van der Waals surface area contributed by atoms with Crippen LogP contribution < -0.4 is 5.73 Å². The maximum Gasteiger partial charge on any atom is 0.138 e. The van der Waals surface area contributed by atoms with Gasteiger partial charge in [-0.25, -0.2) is 0 Å². The molecule has 1 rings (SSSR count). The fourth-order valence-electron chi connectivity index (χ4n) is 0.779. The molecule has 0 aromatic heterocycles. The van der Waals surface area contributed by atoms with Gasteiger partial charge in [0, 0.05) is 6.42 Å². The summed E-state index contributed by atoms with van der Waals surface area (Å²) in [4.78, 5) is 5.37. The second-order valence-corrected chi connectivity index (χ2v) is 3.37. The van der Waals surface area contributed by atoms with E-state index in [1.54, 1.807) is 0 Å². The summed E-state index contributed by atoms with van der Waals surface area (Å²) in [6, 6.07) is 0. The van der Waals surface area contributed by atoms with Crippen LogP contribution in [0, 0.1) is 0 Å². The Bertz CT molecular complexity index is 203. The van der Waals surface area contributed by atoms with E-state index in [-0.39, 0.29) is 22.6 Å². The molecule has 0 amide bonds. The van der Waals surface area contributed by atoms with E-state index in [4.69, 9.17) is 22.8 Å². The van der Waals surface area contributed by atoms with E-state index in [2.05, 4.69) is 5.16 Å². The number of nitrogens with two attached hydrogens (primary N) is 1. The summed E-state index contributed by atoms with van der Waals surface area (Å²) in [7, 11) is 0. The zero-order valence-corrected chi connectivity index (χ0v) is 8.99. The van der Waals surface area contributed by atoms with Gasteiger partial charge in [0.1, 0.15) is 16.3 Å². The van der Waals surface area contributed by atoms with Crippen LogP contribution in [-0.2, 0) is 4.84 Å². The summed E-state index contributed by atoms with van der Waals surface area (Å²) in [5.74, 6) is 0. The molecule has 0 bridgehead atoms. The molecular formula is C6H11BrN2OS. The highest BCUT2D eigenvalue weighted by atomic mass is 79.9. The normalized spacial score (nSPS) is 19.6. The molecule has 0 atom stereocenters. The van der Waals surface area contributed by atoms with Crippen molar-refractivity contribution in [2.24, 2.45) is 10.9 Å². The molecule has 0 radical (unpaired) electrons. The molecule has 3 nitrogen and oxygen atoms in total. The highest BCUT2D eigenvalue weighted by Gasteiger charge is 2.29. The topological polar surface area (TPSA) is 47.6 Å². The summed E-state index contributed by atoms with van der Waals surface area (Å²) in [5.41, 5.74) is 5.81. The molecular weight excluding hydrogens is 228 g/mol. The van der Waals surface area contributed by atoms with Crippen molar-refractivity contribution >= 4 is 39.9 Å². The van der Waals surface area contributed by atoms with Gasteiger partial charge >= 0.3 is 0 Å². The van der Waals surface area contributed by atoms with Crippen molar-refractivity contribution in [2.75, 3.05) is 0 Å². The lowest BCUT2D eigenvalue weighted by molar-refractivity contribution is 0.0123. The zero-order chi connectivity index (χ0) is 7.78. The van der Waals surface area contributed by atoms with E-state index in [1.807, 2.05) is 13.8 Å². The Morgan fingerprint density at radius 1 is 1.73 bits per heavy atom. The van der Waals surface area contributed by atoms with Crippen LogP contribution in [0.1, 0.15) is 20.3 Å². The number of rotatable bonds is 1. The van der Waals surface area contributed by atoms with E-state index in [0.717, 1.165) is 0 Å². The molecule has 11 heavy (non-hydrogen) atoms. The van der Waals surface area contributed by atoms with Crippen LogP contribution in [0.2, 0.25) is 0 Å². The third-order valence-electron chi connectivity index (χ3n) is 1.28. The summed E-state index contributed by atoms with van der Waals surface area (Å²) < 4.78 is 0. The quantitative estimate of drug-likeness (QED) is 0.703. The van der Waals surface area contributed by atoms with Crippen molar-refractivity contribution in [2.45, 2.75) is 25.9 Å². The summed E-state index contributed by atoms with van der Waals surface area (Å²) in [6.07, 6.45) is 0.711. The third-order valence-corrected chi connectivity index (χ3v) is 1.52.